The third-order valence-electron chi connectivity index (χ3n) is 5.97. The van der Waals surface area contributed by atoms with E-state index in [2.05, 4.69) is 17.2 Å². The Kier molecular flexibility index (Phi) is 9.26. The molecule has 1 aliphatic carbocycles. The molecule has 0 aromatic heterocycles. The predicted molar refractivity (Wildman–Crippen MR) is 131 cm³/mol. The quantitative estimate of drug-likeness (QED) is 0.296. The summed E-state index contributed by atoms with van der Waals surface area (Å²) < 4.78 is 5.45. The minimum absolute atomic E-state index is 0.0893. The number of hydrogen-bond donors (Lipinski definition) is 3. The highest BCUT2D eigenvalue weighted by atomic mass is 16.5. The van der Waals surface area contributed by atoms with Crippen molar-refractivity contribution in [3.63, 3.8) is 0 Å². The Balaban J connectivity index is 1.52. The van der Waals surface area contributed by atoms with Crippen LogP contribution in [-0.4, -0.2) is 42.3 Å². The van der Waals surface area contributed by atoms with Crippen LogP contribution in [0.5, 0.6) is 0 Å². The van der Waals surface area contributed by atoms with Gasteiger partial charge in [-0.15, -0.1) is 6.58 Å². The van der Waals surface area contributed by atoms with Crippen molar-refractivity contribution in [3.8, 4) is 11.1 Å². The smallest absolute Gasteiger partial charge is 0.407 e. The molecule has 2 aromatic rings. The Morgan fingerprint density at radius 1 is 0.971 bits per heavy atom. The standard InChI is InChI=1S/C27H32N2O5/c1-2-3-4-5-6-11-16-28-26(32)24(17-25(30)31)29-27(33)34-18-23-21-14-9-7-12-19(21)20-13-8-10-15-22(20)23/h2,7-10,12-15,23-24H,1,3-6,11,16-18H2,(H,28,32)(H,29,33)(H,30,31). The van der Waals surface area contributed by atoms with Gasteiger partial charge < -0.3 is 20.5 Å². The van der Waals surface area contributed by atoms with Crippen molar-refractivity contribution in [1.82, 2.24) is 10.6 Å². The first kappa shape index (κ1) is 25.0. The van der Waals surface area contributed by atoms with Crippen LogP contribution < -0.4 is 10.6 Å². The fourth-order valence-electron chi connectivity index (χ4n) is 4.27. The Hall–Kier alpha value is -3.61. The molecule has 3 N–H and O–H groups in total. The number of hydrogen-bond acceptors (Lipinski definition) is 4. The number of nitrogens with one attached hydrogen (secondary N) is 2. The molecule has 34 heavy (non-hydrogen) atoms. The molecule has 0 spiro atoms. The molecule has 0 fully saturated rings. The summed E-state index contributed by atoms with van der Waals surface area (Å²) in [5.74, 6) is -1.82. The molecule has 2 amide bonds. The van der Waals surface area contributed by atoms with Crippen molar-refractivity contribution < 1.29 is 24.2 Å². The second kappa shape index (κ2) is 12.6. The Bertz CT molecular complexity index is 974. The molecular weight excluding hydrogens is 432 g/mol. The molecule has 3 rings (SSSR count). The second-order valence-electron chi connectivity index (χ2n) is 8.40. The Morgan fingerprint density at radius 3 is 2.21 bits per heavy atom. The van der Waals surface area contributed by atoms with E-state index >= 15 is 0 Å². The monoisotopic (exact) mass is 464 g/mol. The Labute approximate surface area is 200 Å². The molecule has 0 radical (unpaired) electrons. The van der Waals surface area contributed by atoms with Gasteiger partial charge in [-0.3, -0.25) is 9.59 Å². The largest absolute Gasteiger partial charge is 0.481 e. The first-order valence-corrected chi connectivity index (χ1v) is 11.7. The van der Waals surface area contributed by atoms with Gasteiger partial charge in [-0.2, -0.15) is 0 Å². The number of fused-ring (bicyclic) bond motifs is 3. The van der Waals surface area contributed by atoms with E-state index in [1.165, 1.54) is 0 Å². The molecule has 7 heteroatoms. The summed E-state index contributed by atoms with van der Waals surface area (Å²) in [6, 6.07) is 14.8. The van der Waals surface area contributed by atoms with Crippen LogP contribution in [0.1, 0.15) is 55.6 Å². The molecule has 0 bridgehead atoms. The third kappa shape index (κ3) is 6.70. The molecule has 1 atom stereocenters. The number of carbonyl (C=O) groups excluding carboxylic acids is 2. The highest BCUT2D eigenvalue weighted by Gasteiger charge is 2.30. The molecule has 2 aromatic carbocycles. The fraction of sp³-hybridized carbons (Fsp3) is 0.370. The van der Waals surface area contributed by atoms with Gasteiger partial charge in [0.15, 0.2) is 0 Å². The number of carbonyl (C=O) groups is 3. The molecule has 1 unspecified atom stereocenters. The van der Waals surface area contributed by atoms with E-state index in [0.717, 1.165) is 54.4 Å². The summed E-state index contributed by atoms with van der Waals surface area (Å²) in [6.45, 7) is 4.21. The summed E-state index contributed by atoms with van der Waals surface area (Å²) in [7, 11) is 0. The molecule has 7 nitrogen and oxygen atoms in total. The van der Waals surface area contributed by atoms with Crippen LogP contribution in [0.3, 0.4) is 0 Å². The normalized spacial score (nSPS) is 12.8. The van der Waals surface area contributed by atoms with Crippen LogP contribution >= 0.6 is 0 Å². The maximum absolute atomic E-state index is 12.5. The van der Waals surface area contributed by atoms with Crippen LogP contribution in [0.2, 0.25) is 0 Å². The first-order valence-electron chi connectivity index (χ1n) is 11.7. The minimum atomic E-state index is -1.20. The number of allylic oxidation sites excluding steroid dienone is 1. The van der Waals surface area contributed by atoms with Gasteiger partial charge in [-0.05, 0) is 41.5 Å². The lowest BCUT2D eigenvalue weighted by Gasteiger charge is -2.18. The van der Waals surface area contributed by atoms with Crippen molar-refractivity contribution in [2.24, 2.45) is 0 Å². The van der Waals surface area contributed by atoms with Gasteiger partial charge in [0.05, 0.1) is 6.42 Å². The SMILES string of the molecule is C=CCCCCCCNC(=O)C(CC(=O)O)NC(=O)OCC1c2ccccc2-c2ccccc21. The topological polar surface area (TPSA) is 105 Å². The summed E-state index contributed by atoms with van der Waals surface area (Å²) in [5, 5.41) is 14.3. The zero-order valence-corrected chi connectivity index (χ0v) is 19.3. The third-order valence-corrected chi connectivity index (χ3v) is 5.97. The van der Waals surface area contributed by atoms with Gasteiger partial charge >= 0.3 is 12.1 Å². The van der Waals surface area contributed by atoms with Crippen molar-refractivity contribution in [1.29, 1.82) is 0 Å². The molecule has 0 aliphatic heterocycles. The van der Waals surface area contributed by atoms with Crippen LogP contribution in [0.15, 0.2) is 61.2 Å². The number of unbranched alkanes of at least 4 members (excludes halogenated alkanes) is 4. The molecule has 0 heterocycles. The zero-order valence-electron chi connectivity index (χ0n) is 19.3. The number of carboxylic acid groups (broad SMARTS) is 1. The number of aliphatic carboxylic acids is 1. The lowest BCUT2D eigenvalue weighted by molar-refractivity contribution is -0.139. The summed E-state index contributed by atoms with van der Waals surface area (Å²) >= 11 is 0. The number of rotatable bonds is 13. The number of alkyl carbamates (subject to hydrolysis) is 1. The fourth-order valence-corrected chi connectivity index (χ4v) is 4.27. The molecule has 0 saturated heterocycles. The van der Waals surface area contributed by atoms with Gasteiger partial charge in [0.2, 0.25) is 5.91 Å². The van der Waals surface area contributed by atoms with E-state index in [4.69, 9.17) is 4.74 Å². The summed E-state index contributed by atoms with van der Waals surface area (Å²) in [5.41, 5.74) is 4.37. The van der Waals surface area contributed by atoms with Crippen molar-refractivity contribution >= 4 is 18.0 Å². The van der Waals surface area contributed by atoms with E-state index in [1.54, 1.807) is 0 Å². The lowest BCUT2D eigenvalue weighted by atomic mass is 9.98. The van der Waals surface area contributed by atoms with Crippen molar-refractivity contribution in [3.05, 3.63) is 72.3 Å². The number of benzene rings is 2. The number of amides is 2. The van der Waals surface area contributed by atoms with E-state index in [9.17, 15) is 19.5 Å². The number of ether oxygens (including phenoxy) is 1. The predicted octanol–water partition coefficient (Wildman–Crippen LogP) is 4.62. The van der Waals surface area contributed by atoms with Crippen LogP contribution in [0, 0.1) is 0 Å². The number of carboxylic acids is 1. The van der Waals surface area contributed by atoms with E-state index in [0.29, 0.717) is 6.54 Å². The summed E-state index contributed by atoms with van der Waals surface area (Å²) in [4.78, 5) is 36.2. The van der Waals surface area contributed by atoms with Crippen molar-refractivity contribution in [2.75, 3.05) is 13.2 Å². The maximum Gasteiger partial charge on any atom is 0.407 e. The molecular formula is C27H32N2O5. The Morgan fingerprint density at radius 2 is 1.59 bits per heavy atom. The average Bonchev–Trinajstić information content (AvgIpc) is 3.15. The highest BCUT2D eigenvalue weighted by Crippen LogP contribution is 2.44. The van der Waals surface area contributed by atoms with E-state index in [1.807, 2.05) is 54.6 Å². The molecule has 0 saturated carbocycles. The van der Waals surface area contributed by atoms with E-state index in [-0.39, 0.29) is 12.5 Å². The maximum atomic E-state index is 12.5. The van der Waals surface area contributed by atoms with Gasteiger partial charge in [0.1, 0.15) is 12.6 Å². The van der Waals surface area contributed by atoms with Gasteiger partial charge in [0, 0.05) is 12.5 Å². The van der Waals surface area contributed by atoms with Gasteiger partial charge in [0.25, 0.3) is 0 Å². The van der Waals surface area contributed by atoms with Gasteiger partial charge in [-0.25, -0.2) is 4.79 Å². The van der Waals surface area contributed by atoms with Crippen LogP contribution in [0.4, 0.5) is 4.79 Å². The zero-order chi connectivity index (χ0) is 24.3. The second-order valence-corrected chi connectivity index (χ2v) is 8.40. The lowest BCUT2D eigenvalue weighted by Crippen LogP contribution is -2.48. The summed E-state index contributed by atoms with van der Waals surface area (Å²) in [6.07, 6.45) is 5.36. The first-order chi connectivity index (χ1) is 16.5. The average molecular weight is 465 g/mol. The van der Waals surface area contributed by atoms with E-state index < -0.39 is 30.4 Å². The van der Waals surface area contributed by atoms with Crippen LogP contribution in [0.25, 0.3) is 11.1 Å². The minimum Gasteiger partial charge on any atom is -0.481 e. The van der Waals surface area contributed by atoms with Crippen molar-refractivity contribution in [2.45, 2.75) is 50.5 Å². The molecule has 1 aliphatic rings. The highest BCUT2D eigenvalue weighted by molar-refractivity contribution is 5.89. The van der Waals surface area contributed by atoms with Crippen LogP contribution in [-0.2, 0) is 14.3 Å². The molecule has 180 valence electrons. The van der Waals surface area contributed by atoms with Gasteiger partial charge in [-0.1, -0.05) is 67.4 Å².